The minimum atomic E-state index is -0.513. The third kappa shape index (κ3) is 2.47. The number of carbonyl (C=O) groups excluding carboxylic acids is 1. The summed E-state index contributed by atoms with van der Waals surface area (Å²) in [6.07, 6.45) is 3.34. The zero-order chi connectivity index (χ0) is 15.0. The van der Waals surface area contributed by atoms with E-state index >= 15 is 0 Å². The molecular weight excluding hydrogens is 271 g/mol. The van der Waals surface area contributed by atoms with Crippen LogP contribution in [0.4, 0.5) is 10.1 Å². The van der Waals surface area contributed by atoms with E-state index in [1.165, 1.54) is 13.0 Å². The molecule has 2 N–H and O–H groups in total. The maximum atomic E-state index is 14.0. The van der Waals surface area contributed by atoms with Gasteiger partial charge in [-0.15, -0.1) is 0 Å². The predicted octanol–water partition coefficient (Wildman–Crippen LogP) is 3.03. The average Bonchev–Trinajstić information content (AvgIpc) is 2.93. The highest BCUT2D eigenvalue weighted by Gasteiger charge is 2.11. The summed E-state index contributed by atoms with van der Waals surface area (Å²) >= 11 is 0. The van der Waals surface area contributed by atoms with Gasteiger partial charge in [0.05, 0.1) is 11.2 Å². The molecule has 6 heteroatoms. The fraction of sp³-hybridized carbons (Fsp3) is 0.133. The number of halogens is 1. The summed E-state index contributed by atoms with van der Waals surface area (Å²) in [6, 6.07) is 4.79. The first kappa shape index (κ1) is 13.2. The Bertz CT molecular complexity index is 827. The summed E-state index contributed by atoms with van der Waals surface area (Å²) in [5, 5.41) is 3.26. The van der Waals surface area contributed by atoms with E-state index in [1.54, 1.807) is 18.5 Å². The Balaban J connectivity index is 2.18. The SMILES string of the molecule is CC(=O)Nc1cc2c(C)cc(-c3ncc[nH]3)nc2cc1F. The largest absolute Gasteiger partial charge is 0.343 e. The quantitative estimate of drug-likeness (QED) is 0.760. The van der Waals surface area contributed by atoms with Gasteiger partial charge in [0, 0.05) is 30.8 Å². The van der Waals surface area contributed by atoms with Crippen LogP contribution in [0.2, 0.25) is 0 Å². The Morgan fingerprint density at radius 1 is 1.33 bits per heavy atom. The zero-order valence-corrected chi connectivity index (χ0v) is 11.6. The van der Waals surface area contributed by atoms with E-state index in [9.17, 15) is 9.18 Å². The van der Waals surface area contributed by atoms with Gasteiger partial charge in [0.15, 0.2) is 5.82 Å². The van der Waals surface area contributed by atoms with Gasteiger partial charge < -0.3 is 10.3 Å². The number of hydrogen-bond donors (Lipinski definition) is 2. The molecule has 106 valence electrons. The summed E-state index contributed by atoms with van der Waals surface area (Å²) in [4.78, 5) is 22.6. The number of hydrogen-bond acceptors (Lipinski definition) is 3. The van der Waals surface area contributed by atoms with Gasteiger partial charge in [-0.25, -0.2) is 14.4 Å². The fourth-order valence-corrected chi connectivity index (χ4v) is 2.23. The van der Waals surface area contributed by atoms with E-state index in [-0.39, 0.29) is 11.6 Å². The van der Waals surface area contributed by atoms with Crippen LogP contribution in [-0.4, -0.2) is 20.9 Å². The summed E-state index contributed by atoms with van der Waals surface area (Å²) < 4.78 is 14.0. The molecule has 2 aromatic heterocycles. The first-order valence-corrected chi connectivity index (χ1v) is 6.43. The second kappa shape index (κ2) is 4.97. The first-order chi connectivity index (χ1) is 10.0. The van der Waals surface area contributed by atoms with Crippen molar-refractivity contribution in [3.8, 4) is 11.5 Å². The highest BCUT2D eigenvalue weighted by atomic mass is 19.1. The fourth-order valence-electron chi connectivity index (χ4n) is 2.23. The zero-order valence-electron chi connectivity index (χ0n) is 11.6. The lowest BCUT2D eigenvalue weighted by Crippen LogP contribution is -2.07. The van der Waals surface area contributed by atoms with E-state index in [0.29, 0.717) is 17.0 Å². The minimum Gasteiger partial charge on any atom is -0.343 e. The van der Waals surface area contributed by atoms with Crippen molar-refractivity contribution >= 4 is 22.5 Å². The van der Waals surface area contributed by atoms with Crippen molar-refractivity contribution in [2.45, 2.75) is 13.8 Å². The molecule has 0 saturated carbocycles. The number of fused-ring (bicyclic) bond motifs is 1. The van der Waals surface area contributed by atoms with Crippen molar-refractivity contribution in [1.82, 2.24) is 15.0 Å². The van der Waals surface area contributed by atoms with Crippen LogP contribution >= 0.6 is 0 Å². The number of benzene rings is 1. The highest BCUT2D eigenvalue weighted by Crippen LogP contribution is 2.27. The van der Waals surface area contributed by atoms with E-state index in [1.807, 2.05) is 13.0 Å². The van der Waals surface area contributed by atoms with Crippen LogP contribution in [0.15, 0.2) is 30.6 Å². The number of anilines is 1. The van der Waals surface area contributed by atoms with E-state index in [4.69, 9.17) is 0 Å². The molecule has 0 unspecified atom stereocenters. The molecule has 0 aliphatic carbocycles. The van der Waals surface area contributed by atoms with Gasteiger partial charge in [-0.1, -0.05) is 0 Å². The molecule has 21 heavy (non-hydrogen) atoms. The molecule has 0 spiro atoms. The number of aryl methyl sites for hydroxylation is 1. The molecule has 3 rings (SSSR count). The van der Waals surface area contributed by atoms with Crippen LogP contribution in [0, 0.1) is 12.7 Å². The van der Waals surface area contributed by atoms with Gasteiger partial charge >= 0.3 is 0 Å². The molecule has 0 saturated heterocycles. The van der Waals surface area contributed by atoms with Gasteiger partial charge in [0.2, 0.25) is 5.91 Å². The molecule has 0 radical (unpaired) electrons. The van der Waals surface area contributed by atoms with E-state index < -0.39 is 5.82 Å². The Morgan fingerprint density at radius 3 is 2.81 bits per heavy atom. The Labute approximate surface area is 120 Å². The number of nitrogens with zero attached hydrogens (tertiary/aromatic N) is 2. The normalized spacial score (nSPS) is 10.8. The number of pyridine rings is 1. The van der Waals surface area contributed by atoms with Crippen molar-refractivity contribution in [2.24, 2.45) is 0 Å². The predicted molar refractivity (Wildman–Crippen MR) is 78.3 cm³/mol. The first-order valence-electron chi connectivity index (χ1n) is 6.43. The topological polar surface area (TPSA) is 70.7 Å². The standard InChI is InChI=1S/C15H13FN4O/c1-8-5-14(15-17-3-4-18-15)20-12-7-11(16)13(6-10(8)12)19-9(2)21/h3-7H,1-2H3,(H,17,18)(H,19,21). The molecule has 1 amide bonds. The van der Waals surface area contributed by atoms with Crippen LogP contribution in [0.25, 0.3) is 22.4 Å². The lowest BCUT2D eigenvalue weighted by molar-refractivity contribution is -0.114. The van der Waals surface area contributed by atoms with Crippen molar-refractivity contribution in [2.75, 3.05) is 5.32 Å². The van der Waals surface area contributed by atoms with Crippen LogP contribution in [0.3, 0.4) is 0 Å². The van der Waals surface area contributed by atoms with Crippen molar-refractivity contribution in [3.05, 3.63) is 42.0 Å². The Hall–Kier alpha value is -2.76. The minimum absolute atomic E-state index is 0.158. The maximum Gasteiger partial charge on any atom is 0.221 e. The monoisotopic (exact) mass is 284 g/mol. The number of aromatic nitrogens is 3. The average molecular weight is 284 g/mol. The van der Waals surface area contributed by atoms with Crippen LogP contribution in [0.1, 0.15) is 12.5 Å². The maximum absolute atomic E-state index is 14.0. The van der Waals surface area contributed by atoms with Crippen LogP contribution in [0.5, 0.6) is 0 Å². The number of imidazole rings is 1. The Kier molecular flexibility index (Phi) is 3.13. The third-order valence-electron chi connectivity index (χ3n) is 3.16. The molecule has 3 aromatic rings. The number of rotatable bonds is 2. The van der Waals surface area contributed by atoms with Crippen molar-refractivity contribution in [1.29, 1.82) is 0 Å². The molecule has 0 bridgehead atoms. The van der Waals surface area contributed by atoms with E-state index in [2.05, 4.69) is 20.3 Å². The van der Waals surface area contributed by atoms with Gasteiger partial charge in [-0.3, -0.25) is 4.79 Å². The molecule has 1 aromatic carbocycles. The Morgan fingerprint density at radius 2 is 2.14 bits per heavy atom. The summed E-state index contributed by atoms with van der Waals surface area (Å²) in [6.45, 7) is 3.25. The summed E-state index contributed by atoms with van der Waals surface area (Å²) in [5.74, 6) is -0.196. The molecule has 0 fully saturated rings. The summed E-state index contributed by atoms with van der Waals surface area (Å²) in [7, 11) is 0. The smallest absolute Gasteiger partial charge is 0.221 e. The number of nitrogens with one attached hydrogen (secondary N) is 2. The number of amides is 1. The molecule has 0 atom stereocenters. The number of aromatic amines is 1. The number of H-pyrrole nitrogens is 1. The third-order valence-corrected chi connectivity index (χ3v) is 3.16. The highest BCUT2D eigenvalue weighted by molar-refractivity contribution is 5.94. The van der Waals surface area contributed by atoms with Crippen LogP contribution < -0.4 is 5.32 Å². The van der Waals surface area contributed by atoms with E-state index in [0.717, 1.165) is 10.9 Å². The van der Waals surface area contributed by atoms with Gasteiger partial charge in [-0.2, -0.15) is 0 Å². The van der Waals surface area contributed by atoms with Crippen LogP contribution in [-0.2, 0) is 4.79 Å². The van der Waals surface area contributed by atoms with Crippen molar-refractivity contribution < 1.29 is 9.18 Å². The molecule has 0 aliphatic rings. The van der Waals surface area contributed by atoms with Gasteiger partial charge in [0.25, 0.3) is 0 Å². The summed E-state index contributed by atoms with van der Waals surface area (Å²) in [5.41, 5.74) is 2.26. The molecule has 5 nitrogen and oxygen atoms in total. The molecule has 2 heterocycles. The van der Waals surface area contributed by atoms with Crippen molar-refractivity contribution in [3.63, 3.8) is 0 Å². The molecule has 0 aliphatic heterocycles. The molecular formula is C15H13FN4O. The second-order valence-electron chi connectivity index (χ2n) is 4.79. The second-order valence-corrected chi connectivity index (χ2v) is 4.79. The number of carbonyl (C=O) groups is 1. The van der Waals surface area contributed by atoms with Gasteiger partial charge in [0.1, 0.15) is 11.5 Å². The van der Waals surface area contributed by atoms with Gasteiger partial charge in [-0.05, 0) is 24.6 Å². The lowest BCUT2D eigenvalue weighted by atomic mass is 10.1. The lowest BCUT2D eigenvalue weighted by Gasteiger charge is -2.09.